The van der Waals surface area contributed by atoms with Gasteiger partial charge in [-0.1, -0.05) is 0 Å². The van der Waals surface area contributed by atoms with Crippen molar-refractivity contribution in [1.29, 1.82) is 0 Å². The minimum absolute atomic E-state index is 0.0323. The molecule has 2 aromatic rings. The van der Waals surface area contributed by atoms with Crippen LogP contribution < -0.4 is 21.3 Å². The number of carbonyl (C=O) groups is 2. The normalized spacial score (nSPS) is 22.4. The molecule has 2 aliphatic carbocycles. The molecule has 1 aliphatic heterocycles. The number of amides is 2. The zero-order valence-electron chi connectivity index (χ0n) is 17.9. The lowest BCUT2D eigenvalue weighted by molar-refractivity contribution is -0.116. The summed E-state index contributed by atoms with van der Waals surface area (Å²) in [6.45, 7) is 0. The number of nitrogens with one attached hydrogen (secondary N) is 4. The minimum Gasteiger partial charge on any atom is -0.465 e. The average Bonchev–Trinajstić information content (AvgIpc) is 3.60. The number of aryl methyl sites for hydroxylation is 1. The van der Waals surface area contributed by atoms with Crippen molar-refractivity contribution in [2.75, 3.05) is 16.0 Å². The molecule has 9 nitrogen and oxygen atoms in total. The number of aromatic nitrogens is 2. The summed E-state index contributed by atoms with van der Waals surface area (Å²) in [6.07, 6.45) is 7.98. The lowest BCUT2D eigenvalue weighted by Crippen LogP contribution is -2.39. The molecule has 9 heteroatoms. The van der Waals surface area contributed by atoms with Crippen molar-refractivity contribution >= 4 is 35.1 Å². The van der Waals surface area contributed by atoms with Crippen molar-refractivity contribution in [2.24, 2.45) is 0 Å². The van der Waals surface area contributed by atoms with Crippen LogP contribution in [-0.4, -0.2) is 39.2 Å². The van der Waals surface area contributed by atoms with Crippen LogP contribution >= 0.6 is 0 Å². The molecule has 0 bridgehead atoms. The van der Waals surface area contributed by atoms with Gasteiger partial charge in [-0.15, -0.1) is 0 Å². The van der Waals surface area contributed by atoms with E-state index in [-0.39, 0.29) is 18.0 Å². The predicted octanol–water partition coefficient (Wildman–Crippen LogP) is 3.97. The molecule has 0 atom stereocenters. The fraction of sp³-hybridized carbons (Fsp3) is 0.478. The molecule has 168 valence electrons. The Kier molecular flexibility index (Phi) is 5.55. The van der Waals surface area contributed by atoms with Crippen LogP contribution in [0.25, 0.3) is 0 Å². The fourth-order valence-electron chi connectivity index (χ4n) is 4.60. The number of hydrogen-bond donors (Lipinski definition) is 5. The number of anilines is 4. The highest BCUT2D eigenvalue weighted by Gasteiger charge is 2.29. The lowest BCUT2D eigenvalue weighted by atomic mass is 9.91. The zero-order valence-corrected chi connectivity index (χ0v) is 17.9. The molecule has 5 rings (SSSR count). The first kappa shape index (κ1) is 20.5. The first-order valence-electron chi connectivity index (χ1n) is 11.4. The Labute approximate surface area is 186 Å². The Morgan fingerprint density at radius 1 is 1.06 bits per heavy atom. The minimum atomic E-state index is -0.950. The van der Waals surface area contributed by atoms with Crippen molar-refractivity contribution in [3.8, 4) is 0 Å². The maximum absolute atomic E-state index is 11.6. The van der Waals surface area contributed by atoms with Gasteiger partial charge < -0.3 is 26.4 Å². The maximum atomic E-state index is 11.6. The molecule has 2 amide bonds. The van der Waals surface area contributed by atoms with Gasteiger partial charge in [0.2, 0.25) is 11.9 Å². The van der Waals surface area contributed by atoms with Crippen LogP contribution in [0.1, 0.15) is 62.0 Å². The largest absolute Gasteiger partial charge is 0.465 e. The van der Waals surface area contributed by atoms with Crippen molar-refractivity contribution in [3.63, 3.8) is 0 Å². The van der Waals surface area contributed by atoms with Crippen LogP contribution in [0.15, 0.2) is 24.4 Å². The lowest BCUT2D eigenvalue weighted by Gasteiger charge is -2.29. The van der Waals surface area contributed by atoms with Gasteiger partial charge in [-0.25, -0.2) is 9.78 Å². The third kappa shape index (κ3) is 4.76. The molecule has 3 aliphatic rings. The molecule has 0 radical (unpaired) electrons. The molecule has 1 aromatic carbocycles. The number of carboxylic acid groups (broad SMARTS) is 1. The molecule has 0 spiro atoms. The molecule has 5 N–H and O–H groups in total. The first-order valence-corrected chi connectivity index (χ1v) is 11.4. The van der Waals surface area contributed by atoms with Crippen molar-refractivity contribution in [3.05, 3.63) is 35.5 Å². The van der Waals surface area contributed by atoms with Crippen molar-refractivity contribution < 1.29 is 14.7 Å². The number of fused-ring (bicyclic) bond motifs is 1. The predicted molar refractivity (Wildman–Crippen MR) is 122 cm³/mol. The molecule has 2 fully saturated rings. The number of hydrogen-bond acceptors (Lipinski definition) is 6. The highest BCUT2D eigenvalue weighted by atomic mass is 16.4. The SMILES string of the molecule is O=C(O)NC1CCC(Nc2nc(Nc3ccc4c(c3)CCC(=O)N4)ncc2C2CC2)CC1. The van der Waals surface area contributed by atoms with Crippen LogP contribution in [0, 0.1) is 0 Å². The topological polar surface area (TPSA) is 128 Å². The van der Waals surface area contributed by atoms with Crippen LogP contribution in [-0.2, 0) is 11.2 Å². The quantitative estimate of drug-likeness (QED) is 0.463. The second-order valence-corrected chi connectivity index (χ2v) is 8.96. The Hall–Kier alpha value is -3.36. The van der Waals surface area contributed by atoms with Gasteiger partial charge in [0, 0.05) is 41.6 Å². The van der Waals surface area contributed by atoms with E-state index in [1.165, 1.54) is 0 Å². The summed E-state index contributed by atoms with van der Waals surface area (Å²) in [4.78, 5) is 31.8. The average molecular weight is 437 g/mol. The molecule has 1 aromatic heterocycles. The second-order valence-electron chi connectivity index (χ2n) is 8.96. The highest BCUT2D eigenvalue weighted by molar-refractivity contribution is 5.94. The third-order valence-electron chi connectivity index (χ3n) is 6.49. The van der Waals surface area contributed by atoms with Crippen LogP contribution in [0.3, 0.4) is 0 Å². The van der Waals surface area contributed by atoms with Crippen molar-refractivity contribution in [1.82, 2.24) is 15.3 Å². The Bertz CT molecular complexity index is 1030. The summed E-state index contributed by atoms with van der Waals surface area (Å²) in [5, 5.41) is 21.3. The van der Waals surface area contributed by atoms with E-state index in [4.69, 9.17) is 10.1 Å². The van der Waals surface area contributed by atoms with Gasteiger partial charge in [-0.3, -0.25) is 4.79 Å². The number of benzene rings is 1. The third-order valence-corrected chi connectivity index (χ3v) is 6.49. The van der Waals surface area contributed by atoms with Gasteiger partial charge in [-0.2, -0.15) is 4.98 Å². The first-order chi connectivity index (χ1) is 15.5. The second kappa shape index (κ2) is 8.64. The Morgan fingerprint density at radius 3 is 2.59 bits per heavy atom. The Morgan fingerprint density at radius 2 is 1.84 bits per heavy atom. The van der Waals surface area contributed by atoms with Gasteiger partial charge in [0.25, 0.3) is 0 Å². The number of rotatable bonds is 6. The standard InChI is InChI=1S/C23H28N6O3/c30-20-10-3-14-11-17(8-9-19(14)28-20)26-22-24-12-18(13-1-2-13)21(29-22)25-15-4-6-16(7-5-15)27-23(31)32/h8-9,11-13,15-16,27H,1-7,10H2,(H,28,30)(H,31,32)(H2,24,25,26,29). The van der Waals surface area contributed by atoms with Gasteiger partial charge >= 0.3 is 6.09 Å². The molecular weight excluding hydrogens is 408 g/mol. The van der Waals surface area contributed by atoms with Gasteiger partial charge in [0.05, 0.1) is 0 Å². The van der Waals surface area contributed by atoms with E-state index in [0.29, 0.717) is 18.3 Å². The summed E-state index contributed by atoms with van der Waals surface area (Å²) in [6, 6.07) is 6.18. The summed E-state index contributed by atoms with van der Waals surface area (Å²) < 4.78 is 0. The van der Waals surface area contributed by atoms with Gasteiger partial charge in [-0.05, 0) is 74.6 Å². The summed E-state index contributed by atoms with van der Waals surface area (Å²) in [7, 11) is 0. The number of carbonyl (C=O) groups excluding carboxylic acids is 1. The van der Waals surface area contributed by atoms with E-state index in [1.807, 2.05) is 24.4 Å². The molecule has 32 heavy (non-hydrogen) atoms. The van der Waals surface area contributed by atoms with Crippen LogP contribution in [0.2, 0.25) is 0 Å². The van der Waals surface area contributed by atoms with Gasteiger partial charge in [0.1, 0.15) is 5.82 Å². The van der Waals surface area contributed by atoms with Crippen LogP contribution in [0.5, 0.6) is 0 Å². The molecule has 2 saturated carbocycles. The van der Waals surface area contributed by atoms with E-state index in [9.17, 15) is 9.59 Å². The highest BCUT2D eigenvalue weighted by Crippen LogP contribution is 2.43. The van der Waals surface area contributed by atoms with E-state index >= 15 is 0 Å². The van der Waals surface area contributed by atoms with Gasteiger partial charge in [0.15, 0.2) is 0 Å². The molecule has 0 saturated heterocycles. The summed E-state index contributed by atoms with van der Waals surface area (Å²) in [5.41, 5.74) is 4.03. The van der Waals surface area contributed by atoms with Crippen molar-refractivity contribution in [2.45, 2.75) is 69.4 Å². The molecule has 0 unspecified atom stereocenters. The smallest absolute Gasteiger partial charge is 0.404 e. The maximum Gasteiger partial charge on any atom is 0.404 e. The monoisotopic (exact) mass is 436 g/mol. The van der Waals surface area contributed by atoms with E-state index in [1.54, 1.807) is 0 Å². The van der Waals surface area contributed by atoms with E-state index < -0.39 is 6.09 Å². The molecule has 2 heterocycles. The van der Waals surface area contributed by atoms with Crippen LogP contribution in [0.4, 0.5) is 27.9 Å². The van der Waals surface area contributed by atoms with E-state index in [0.717, 1.165) is 73.3 Å². The molecular formula is C23H28N6O3. The van der Waals surface area contributed by atoms with E-state index in [2.05, 4.69) is 26.3 Å². The fourth-order valence-corrected chi connectivity index (χ4v) is 4.60. The Balaban J connectivity index is 1.29. The summed E-state index contributed by atoms with van der Waals surface area (Å²) >= 11 is 0. The number of nitrogens with zero attached hydrogens (tertiary/aromatic N) is 2. The zero-order chi connectivity index (χ0) is 22.1. The summed E-state index contributed by atoms with van der Waals surface area (Å²) in [5.74, 6) is 1.99.